The Balaban J connectivity index is 1.11. The Morgan fingerprint density at radius 3 is 1.56 bits per heavy atom. The van der Waals surface area contributed by atoms with Crippen molar-refractivity contribution in [3.63, 3.8) is 0 Å². The first-order chi connectivity index (χ1) is 25.8. The molecule has 0 bridgehead atoms. The van der Waals surface area contributed by atoms with Crippen LogP contribution in [0.3, 0.4) is 0 Å². The molecule has 10 aromatic rings. The first-order valence-electron chi connectivity index (χ1n) is 17.8. The minimum absolute atomic E-state index is 0.904. The lowest BCUT2D eigenvalue weighted by Crippen LogP contribution is -2.09. The zero-order valence-electron chi connectivity index (χ0n) is 28.4. The Hall–Kier alpha value is -6.90. The van der Waals surface area contributed by atoms with Gasteiger partial charge in [-0.15, -0.1) is 0 Å². The van der Waals surface area contributed by atoms with Gasteiger partial charge < -0.3 is 9.32 Å². The summed E-state index contributed by atoms with van der Waals surface area (Å²) in [6.07, 6.45) is 0. The van der Waals surface area contributed by atoms with Crippen LogP contribution in [-0.2, 0) is 0 Å². The van der Waals surface area contributed by atoms with Crippen LogP contribution in [0.5, 0.6) is 0 Å². The summed E-state index contributed by atoms with van der Waals surface area (Å²) in [5, 5.41) is 7.00. The largest absolute Gasteiger partial charge is 0.455 e. The van der Waals surface area contributed by atoms with Crippen LogP contribution in [0.1, 0.15) is 0 Å². The van der Waals surface area contributed by atoms with Gasteiger partial charge in [-0.1, -0.05) is 158 Å². The van der Waals surface area contributed by atoms with Crippen LogP contribution in [0.4, 0.5) is 17.1 Å². The molecule has 0 aliphatic rings. The fraction of sp³-hybridized carbons (Fsp3) is 0. The highest BCUT2D eigenvalue weighted by atomic mass is 16.3. The van der Waals surface area contributed by atoms with Gasteiger partial charge in [0, 0.05) is 38.8 Å². The smallest absolute Gasteiger partial charge is 0.143 e. The SMILES string of the molecule is c1ccc(-c2ccc(N(c3ccccc3)c3ccc(-c4cccc5c4oc4c5cc(-c5ccccc5)c5ccc6ccccc6c54)cc3)cc2)cc1. The number of furan rings is 1. The fourth-order valence-corrected chi connectivity index (χ4v) is 7.76. The van der Waals surface area contributed by atoms with Gasteiger partial charge in [0.2, 0.25) is 0 Å². The first kappa shape index (κ1) is 30.0. The van der Waals surface area contributed by atoms with E-state index in [1.54, 1.807) is 0 Å². The highest BCUT2D eigenvalue weighted by Crippen LogP contribution is 2.45. The van der Waals surface area contributed by atoms with E-state index >= 15 is 0 Å². The van der Waals surface area contributed by atoms with Crippen LogP contribution >= 0.6 is 0 Å². The van der Waals surface area contributed by atoms with Gasteiger partial charge in [0.05, 0.1) is 0 Å². The van der Waals surface area contributed by atoms with Crippen LogP contribution in [0.15, 0.2) is 205 Å². The van der Waals surface area contributed by atoms with Crippen LogP contribution in [0.2, 0.25) is 0 Å². The van der Waals surface area contributed by atoms with Crippen molar-refractivity contribution >= 4 is 60.5 Å². The van der Waals surface area contributed by atoms with Crippen molar-refractivity contribution in [2.75, 3.05) is 4.90 Å². The second-order valence-electron chi connectivity index (χ2n) is 13.3. The molecule has 0 N–H and O–H groups in total. The lowest BCUT2D eigenvalue weighted by atomic mass is 9.92. The lowest BCUT2D eigenvalue weighted by Gasteiger charge is -2.26. The van der Waals surface area contributed by atoms with E-state index in [0.717, 1.165) is 55.5 Å². The number of fused-ring (bicyclic) bond motifs is 7. The zero-order valence-corrected chi connectivity index (χ0v) is 28.4. The van der Waals surface area contributed by atoms with Crippen molar-refractivity contribution in [1.82, 2.24) is 0 Å². The Morgan fingerprint density at radius 2 is 0.846 bits per heavy atom. The highest BCUT2D eigenvalue weighted by Gasteiger charge is 2.20. The molecule has 52 heavy (non-hydrogen) atoms. The summed E-state index contributed by atoms with van der Waals surface area (Å²) < 4.78 is 7.00. The molecule has 0 spiro atoms. The Kier molecular flexibility index (Phi) is 7.18. The standard InChI is InChI=1S/C50H33NO/c1-4-13-34(14-5-1)35-23-28-40(29-24-35)51(39-18-8-3-9-19-39)41-30-25-38(26-31-41)43-21-12-22-45-47-33-46(36-15-6-2-7-16-36)44-32-27-37-17-10-11-20-42(37)48(44)50(47)52-49(43)45/h1-33H. The fourth-order valence-electron chi connectivity index (χ4n) is 7.76. The second-order valence-corrected chi connectivity index (χ2v) is 13.3. The molecule has 0 radical (unpaired) electrons. The molecule has 0 atom stereocenters. The monoisotopic (exact) mass is 663 g/mol. The number of hydrogen-bond acceptors (Lipinski definition) is 2. The van der Waals surface area contributed by atoms with E-state index in [2.05, 4.69) is 205 Å². The van der Waals surface area contributed by atoms with E-state index in [-0.39, 0.29) is 0 Å². The van der Waals surface area contributed by atoms with Crippen LogP contribution in [0.25, 0.3) is 76.9 Å². The number of nitrogens with zero attached hydrogens (tertiary/aromatic N) is 1. The summed E-state index contributed by atoms with van der Waals surface area (Å²) in [6.45, 7) is 0. The van der Waals surface area contributed by atoms with Gasteiger partial charge in [0.25, 0.3) is 0 Å². The number of benzene rings is 9. The average Bonchev–Trinajstić information content (AvgIpc) is 3.61. The van der Waals surface area contributed by atoms with Crippen LogP contribution < -0.4 is 4.90 Å². The molecule has 0 saturated heterocycles. The van der Waals surface area contributed by atoms with Crippen molar-refractivity contribution in [1.29, 1.82) is 0 Å². The molecule has 0 fully saturated rings. The molecule has 2 heteroatoms. The minimum Gasteiger partial charge on any atom is -0.455 e. The second kappa shape index (κ2) is 12.5. The number of anilines is 3. The van der Waals surface area contributed by atoms with Crippen LogP contribution in [-0.4, -0.2) is 0 Å². The molecule has 0 saturated carbocycles. The zero-order chi connectivity index (χ0) is 34.4. The quantitative estimate of drug-likeness (QED) is 0.165. The van der Waals surface area contributed by atoms with Crippen molar-refractivity contribution in [2.45, 2.75) is 0 Å². The molecule has 1 heterocycles. The summed E-state index contributed by atoms with van der Waals surface area (Å²) in [7, 11) is 0. The van der Waals surface area contributed by atoms with E-state index in [4.69, 9.17) is 4.42 Å². The molecule has 0 amide bonds. The van der Waals surface area contributed by atoms with E-state index < -0.39 is 0 Å². The molecule has 9 aromatic carbocycles. The van der Waals surface area contributed by atoms with E-state index in [1.807, 2.05) is 0 Å². The molecular formula is C50H33NO. The normalized spacial score (nSPS) is 11.5. The molecule has 1 aromatic heterocycles. The van der Waals surface area contributed by atoms with Gasteiger partial charge in [0.1, 0.15) is 11.2 Å². The van der Waals surface area contributed by atoms with E-state index in [0.29, 0.717) is 0 Å². The maximum atomic E-state index is 7.00. The van der Waals surface area contributed by atoms with E-state index in [1.165, 1.54) is 38.4 Å². The van der Waals surface area contributed by atoms with Gasteiger partial charge in [0.15, 0.2) is 0 Å². The Labute approximate surface area is 302 Å². The predicted molar refractivity (Wildman–Crippen MR) is 220 cm³/mol. The van der Waals surface area contributed by atoms with Crippen molar-refractivity contribution in [3.8, 4) is 33.4 Å². The molecule has 10 rings (SSSR count). The number of para-hydroxylation sites is 2. The molecule has 244 valence electrons. The molecular weight excluding hydrogens is 631 g/mol. The molecule has 2 nitrogen and oxygen atoms in total. The number of rotatable bonds is 6. The third kappa shape index (κ3) is 5.04. The summed E-state index contributed by atoms with van der Waals surface area (Å²) in [6, 6.07) is 71.4. The van der Waals surface area contributed by atoms with Gasteiger partial charge in [-0.05, 0) is 86.4 Å². The topological polar surface area (TPSA) is 16.4 Å². The molecule has 0 aliphatic carbocycles. The van der Waals surface area contributed by atoms with Gasteiger partial charge in [-0.3, -0.25) is 0 Å². The minimum atomic E-state index is 0.904. The van der Waals surface area contributed by atoms with E-state index in [9.17, 15) is 0 Å². The van der Waals surface area contributed by atoms with Crippen LogP contribution in [0, 0.1) is 0 Å². The number of hydrogen-bond donors (Lipinski definition) is 0. The Morgan fingerprint density at radius 1 is 0.308 bits per heavy atom. The van der Waals surface area contributed by atoms with Crippen molar-refractivity contribution in [3.05, 3.63) is 200 Å². The highest BCUT2D eigenvalue weighted by molar-refractivity contribution is 6.27. The third-order valence-electron chi connectivity index (χ3n) is 10.3. The van der Waals surface area contributed by atoms with Gasteiger partial charge >= 0.3 is 0 Å². The Bertz CT molecular complexity index is 2860. The van der Waals surface area contributed by atoms with Crippen molar-refractivity contribution < 1.29 is 4.42 Å². The van der Waals surface area contributed by atoms with Gasteiger partial charge in [-0.25, -0.2) is 0 Å². The maximum Gasteiger partial charge on any atom is 0.143 e. The summed E-state index contributed by atoms with van der Waals surface area (Å²) in [4.78, 5) is 2.31. The first-order valence-corrected chi connectivity index (χ1v) is 17.8. The summed E-state index contributed by atoms with van der Waals surface area (Å²) >= 11 is 0. The van der Waals surface area contributed by atoms with Crippen molar-refractivity contribution in [2.24, 2.45) is 0 Å². The summed E-state index contributed by atoms with van der Waals surface area (Å²) in [5.41, 5.74) is 12.1. The lowest BCUT2D eigenvalue weighted by molar-refractivity contribution is 0.674. The summed E-state index contributed by atoms with van der Waals surface area (Å²) in [5.74, 6) is 0. The average molecular weight is 664 g/mol. The van der Waals surface area contributed by atoms with Gasteiger partial charge in [-0.2, -0.15) is 0 Å². The predicted octanol–water partition coefficient (Wildman–Crippen LogP) is 14.4. The molecule has 0 unspecified atom stereocenters. The third-order valence-corrected chi connectivity index (χ3v) is 10.3. The molecule has 0 aliphatic heterocycles. The maximum absolute atomic E-state index is 7.00.